The maximum Gasteiger partial charge on any atom is 0.255 e. The van der Waals surface area contributed by atoms with Crippen molar-refractivity contribution in [2.75, 3.05) is 17.2 Å². The molecule has 1 amide bonds. The number of aromatic nitrogens is 2. The quantitative estimate of drug-likeness (QED) is 0.444. The minimum absolute atomic E-state index is 0.0501. The third kappa shape index (κ3) is 4.62. The van der Waals surface area contributed by atoms with Gasteiger partial charge in [0, 0.05) is 49.0 Å². The van der Waals surface area contributed by atoms with Gasteiger partial charge in [-0.2, -0.15) is 0 Å². The van der Waals surface area contributed by atoms with Gasteiger partial charge in [0.2, 0.25) is 0 Å². The summed E-state index contributed by atoms with van der Waals surface area (Å²) in [5.74, 6) is 0.563. The van der Waals surface area contributed by atoms with Crippen LogP contribution in [0.25, 0.3) is 0 Å². The Kier molecular flexibility index (Phi) is 5.57. The lowest BCUT2D eigenvalue weighted by molar-refractivity contribution is 0.0943. The molecule has 1 aliphatic heterocycles. The van der Waals surface area contributed by atoms with Crippen LogP contribution in [0.4, 0.5) is 22.9 Å². The predicted octanol–water partition coefficient (Wildman–Crippen LogP) is 4.49. The number of hydrogen-bond donors (Lipinski definition) is 4. The Morgan fingerprint density at radius 2 is 2.00 bits per heavy atom. The van der Waals surface area contributed by atoms with E-state index in [0.717, 1.165) is 36.6 Å². The van der Waals surface area contributed by atoms with Crippen molar-refractivity contribution < 1.29 is 4.79 Å². The molecule has 32 heavy (non-hydrogen) atoms. The molecule has 1 saturated carbocycles. The number of nitrogens with one attached hydrogen (secondary N) is 4. The molecule has 1 fully saturated rings. The average molecular weight is 431 g/mol. The van der Waals surface area contributed by atoms with E-state index in [1.807, 2.05) is 26.0 Å². The van der Waals surface area contributed by atoms with Gasteiger partial charge in [-0.05, 0) is 69.0 Å². The maximum absolute atomic E-state index is 12.8. The molecule has 0 atom stereocenters. The zero-order valence-corrected chi connectivity index (χ0v) is 18.6. The molecule has 4 N–H and O–H groups in total. The Hall–Kier alpha value is -3.32. The maximum atomic E-state index is 12.8. The number of carbonyl (C=O) groups is 1. The number of pyridine rings is 1. The van der Waals surface area contributed by atoms with Crippen molar-refractivity contribution in [3.05, 3.63) is 65.6 Å². The first kappa shape index (κ1) is 20.6. The van der Waals surface area contributed by atoms with E-state index in [9.17, 15) is 4.79 Å². The van der Waals surface area contributed by atoms with Crippen LogP contribution in [0, 0.1) is 0 Å². The van der Waals surface area contributed by atoms with Crippen molar-refractivity contribution in [3.8, 4) is 0 Å². The Morgan fingerprint density at radius 3 is 2.81 bits per heavy atom. The normalized spacial score (nSPS) is 15.3. The second-order valence-corrected chi connectivity index (χ2v) is 8.98. The first-order valence-corrected chi connectivity index (χ1v) is 11.4. The van der Waals surface area contributed by atoms with Gasteiger partial charge in [-0.1, -0.05) is 6.07 Å². The van der Waals surface area contributed by atoms with E-state index >= 15 is 0 Å². The van der Waals surface area contributed by atoms with Crippen molar-refractivity contribution in [1.29, 1.82) is 0 Å². The highest BCUT2D eigenvalue weighted by Crippen LogP contribution is 2.36. The third-order valence-electron chi connectivity index (χ3n) is 5.90. The van der Waals surface area contributed by atoms with Gasteiger partial charge in [0.05, 0.1) is 16.9 Å². The van der Waals surface area contributed by atoms with Gasteiger partial charge >= 0.3 is 0 Å². The summed E-state index contributed by atoms with van der Waals surface area (Å²) >= 11 is 0. The molecule has 7 heteroatoms. The summed E-state index contributed by atoms with van der Waals surface area (Å²) in [6.07, 6.45) is 9.33. The lowest BCUT2D eigenvalue weighted by Crippen LogP contribution is -2.30. The largest absolute Gasteiger partial charge is 0.353 e. The van der Waals surface area contributed by atoms with Gasteiger partial charge in [-0.25, -0.2) is 4.98 Å². The zero-order valence-electron chi connectivity index (χ0n) is 18.6. The molecule has 7 nitrogen and oxygen atoms in total. The number of carbonyl (C=O) groups excluding carboxylic acids is 1. The molecule has 0 unspecified atom stereocenters. The fourth-order valence-corrected chi connectivity index (χ4v) is 4.09. The monoisotopic (exact) mass is 430 g/mol. The molecular formula is C25H30N6O. The number of nitrogens with zero attached hydrogens (tertiary/aromatic N) is 2. The van der Waals surface area contributed by atoms with Crippen LogP contribution in [0.3, 0.4) is 0 Å². The second-order valence-electron chi connectivity index (χ2n) is 8.98. The minimum Gasteiger partial charge on any atom is -0.353 e. The first-order valence-electron chi connectivity index (χ1n) is 11.4. The Balaban J connectivity index is 1.41. The van der Waals surface area contributed by atoms with Crippen molar-refractivity contribution in [2.24, 2.45) is 0 Å². The number of amides is 1. The summed E-state index contributed by atoms with van der Waals surface area (Å²) in [6.45, 7) is 5.83. The molecule has 0 saturated heterocycles. The molecule has 166 valence electrons. The van der Waals surface area contributed by atoms with Crippen LogP contribution in [0.1, 0.15) is 54.2 Å². The molecule has 0 spiro atoms. The summed E-state index contributed by atoms with van der Waals surface area (Å²) < 4.78 is 2.23. The highest BCUT2D eigenvalue weighted by molar-refractivity contribution is 6.00. The fraction of sp³-hybridized carbons (Fsp3) is 0.360. The van der Waals surface area contributed by atoms with E-state index < -0.39 is 0 Å². The molecule has 5 rings (SSSR count). The Morgan fingerprint density at radius 1 is 1.12 bits per heavy atom. The van der Waals surface area contributed by atoms with E-state index in [2.05, 4.69) is 61.4 Å². The van der Waals surface area contributed by atoms with E-state index in [1.54, 1.807) is 6.20 Å². The van der Waals surface area contributed by atoms with Crippen LogP contribution >= 0.6 is 0 Å². The van der Waals surface area contributed by atoms with Gasteiger partial charge in [-0.3, -0.25) is 4.79 Å². The number of benzene rings is 1. The number of rotatable bonds is 7. The summed E-state index contributed by atoms with van der Waals surface area (Å²) in [5.41, 5.74) is 5.94. The van der Waals surface area contributed by atoms with Crippen molar-refractivity contribution in [2.45, 2.75) is 51.7 Å². The van der Waals surface area contributed by atoms with Crippen LogP contribution in [0.15, 0.2) is 48.9 Å². The van der Waals surface area contributed by atoms with Crippen LogP contribution < -0.4 is 21.3 Å². The number of anilines is 4. The average Bonchev–Trinajstić information content (AvgIpc) is 3.52. The summed E-state index contributed by atoms with van der Waals surface area (Å²) in [7, 11) is 0. The first-order chi connectivity index (χ1) is 15.5. The standard InChI is InChI=1S/C25H30N6O/c1-16(2)28-25(32)22-14-27-24(30-19-4-3-18-13-26-9-7-17(18)11-19)12-23(22)29-20-8-10-31(15-20)21-5-6-21/h3-4,8,10-12,14-16,21,26H,5-7,9,13H2,1-2H3,(H,28,32)(H2,27,29,30). The summed E-state index contributed by atoms with van der Waals surface area (Å²) in [4.78, 5) is 17.3. The van der Waals surface area contributed by atoms with E-state index in [1.165, 1.54) is 24.0 Å². The topological polar surface area (TPSA) is 83.0 Å². The lowest BCUT2D eigenvalue weighted by Gasteiger charge is -2.19. The van der Waals surface area contributed by atoms with E-state index in [0.29, 0.717) is 17.4 Å². The Labute approximate surface area is 188 Å². The molecule has 2 aliphatic rings. The van der Waals surface area contributed by atoms with Crippen molar-refractivity contribution in [1.82, 2.24) is 20.2 Å². The summed E-state index contributed by atoms with van der Waals surface area (Å²) in [6, 6.07) is 11.1. The van der Waals surface area contributed by atoms with Gasteiger partial charge in [0.15, 0.2) is 0 Å². The van der Waals surface area contributed by atoms with Crippen LogP contribution in [-0.2, 0) is 13.0 Å². The molecule has 3 heterocycles. The SMILES string of the molecule is CC(C)NC(=O)c1cnc(Nc2ccc3c(c2)CCNC3)cc1Nc1ccn(C2CC2)c1. The second kappa shape index (κ2) is 8.67. The van der Waals surface area contributed by atoms with Crippen LogP contribution in [0.5, 0.6) is 0 Å². The van der Waals surface area contributed by atoms with E-state index in [4.69, 9.17) is 0 Å². The van der Waals surface area contributed by atoms with Crippen LogP contribution in [-0.4, -0.2) is 28.0 Å². The predicted molar refractivity (Wildman–Crippen MR) is 128 cm³/mol. The van der Waals surface area contributed by atoms with Gasteiger partial charge < -0.3 is 25.8 Å². The highest BCUT2D eigenvalue weighted by Gasteiger charge is 2.23. The van der Waals surface area contributed by atoms with Crippen molar-refractivity contribution >= 4 is 28.8 Å². The Bertz CT molecular complexity index is 1130. The van der Waals surface area contributed by atoms with E-state index in [-0.39, 0.29) is 11.9 Å². The molecule has 2 aromatic heterocycles. The lowest BCUT2D eigenvalue weighted by atomic mass is 10.0. The van der Waals surface area contributed by atoms with Gasteiger partial charge in [0.25, 0.3) is 5.91 Å². The summed E-state index contributed by atoms with van der Waals surface area (Å²) in [5, 5.41) is 13.2. The number of hydrogen-bond acceptors (Lipinski definition) is 5. The molecule has 3 aromatic rings. The molecule has 0 radical (unpaired) electrons. The molecule has 0 bridgehead atoms. The minimum atomic E-state index is -0.135. The fourth-order valence-electron chi connectivity index (χ4n) is 4.09. The third-order valence-corrected chi connectivity index (χ3v) is 5.90. The molecule has 1 aromatic carbocycles. The van der Waals surface area contributed by atoms with Gasteiger partial charge in [-0.15, -0.1) is 0 Å². The highest BCUT2D eigenvalue weighted by atomic mass is 16.1. The zero-order chi connectivity index (χ0) is 22.1. The smallest absolute Gasteiger partial charge is 0.255 e. The van der Waals surface area contributed by atoms with Gasteiger partial charge in [0.1, 0.15) is 5.82 Å². The van der Waals surface area contributed by atoms with Crippen LogP contribution in [0.2, 0.25) is 0 Å². The molecular weight excluding hydrogens is 400 g/mol. The van der Waals surface area contributed by atoms with Crippen molar-refractivity contribution in [3.63, 3.8) is 0 Å². The molecule has 1 aliphatic carbocycles. The number of fused-ring (bicyclic) bond motifs is 1.